The van der Waals surface area contributed by atoms with Crippen LogP contribution in [0.5, 0.6) is 0 Å². The van der Waals surface area contributed by atoms with E-state index in [-0.39, 0.29) is 275 Å². The Morgan fingerprint density at radius 2 is 0.212 bits per heavy atom. The summed E-state index contributed by atoms with van der Waals surface area (Å²) in [5, 5.41) is 0. The van der Waals surface area contributed by atoms with E-state index in [1.807, 2.05) is 0 Å². The second-order valence-corrected chi connectivity index (χ2v) is 2.83. The molecule has 0 saturated carbocycles. The summed E-state index contributed by atoms with van der Waals surface area (Å²) in [6.45, 7) is 17.0. The molecule has 0 nitrogen and oxygen atoms in total. The fraction of sp³-hybridized carbons (Fsp3) is 0.727. The van der Waals surface area contributed by atoms with Gasteiger partial charge in [0, 0.05) is 76.0 Å². The van der Waals surface area contributed by atoms with Gasteiger partial charge >= 0.3 is 0 Å². The second-order valence-electron chi connectivity index (χ2n) is 2.83. The van der Waals surface area contributed by atoms with Crippen molar-refractivity contribution < 1.29 is 88.3 Å². The average molecular weight is 1140 g/mol. The van der Waals surface area contributed by atoms with Gasteiger partial charge < -0.3 is 0 Å². The van der Waals surface area contributed by atoms with E-state index in [9.17, 15) is 0 Å². The van der Waals surface area contributed by atoms with Gasteiger partial charge in [-0.1, -0.05) is 348 Å². The molecule has 0 aliphatic rings. The molecule has 0 aromatic carbocycles. The lowest BCUT2D eigenvalue weighted by Crippen LogP contribution is -1.27. The first-order valence-electron chi connectivity index (χ1n) is 43.8. The molecule has 484 valence electrons. The van der Waals surface area contributed by atoms with E-state index in [4.69, 9.17) is 79.7 Å². The van der Waals surface area contributed by atoms with Gasteiger partial charge in [0.15, 0.2) is 0 Å². The van der Waals surface area contributed by atoms with Crippen molar-refractivity contribution in [2.24, 2.45) is 0 Å². The smallest absolute Gasteiger partial charge is 0.124 e. The topological polar surface area (TPSA) is 0 Å². The Labute approximate surface area is 553 Å². The van der Waals surface area contributed by atoms with E-state index < -0.39 is 0 Å². The second kappa shape index (κ2) is 138000000. The van der Waals surface area contributed by atoms with E-state index in [2.05, 4.69) is 113 Å². The molecule has 0 atom stereocenters. The monoisotopic (exact) mass is 1140 g/mol. The van der Waals surface area contributed by atoms with Crippen LogP contribution in [0.3, 0.4) is 0 Å². The molecule has 0 aliphatic carbocycles. The van der Waals surface area contributed by atoms with Gasteiger partial charge in [0.1, 0.15) is 12.3 Å². The lowest BCUT2D eigenvalue weighted by atomic mass is 10.6. The molecule has 0 aromatic rings. The predicted octanol–water partition coefficient (Wildman–Crippen LogP) is 34.0. The van der Waals surface area contributed by atoms with Gasteiger partial charge in [-0.2, -0.15) is 0 Å². The summed E-state index contributed by atoms with van der Waals surface area (Å²) in [6.07, 6.45) is 56.9. The first-order valence-corrected chi connectivity index (χ1v) is 8.25. The summed E-state index contributed by atoms with van der Waals surface area (Å²) in [7, 11) is -4.25. The third-order valence-electron chi connectivity index (χ3n) is 0. The maximum absolute atomic E-state index is 5.88. The molecule has 0 fully saturated rings. The van der Waals surface area contributed by atoms with Crippen LogP contribution in [-0.2, 0) is 0 Å². The van der Waals surface area contributed by atoms with Crippen LogP contribution in [0.2, 0.25) is 0 Å². The summed E-state index contributed by atoms with van der Waals surface area (Å²) < 4.78 is 321. The third kappa shape index (κ3) is 13300. The van der Waals surface area contributed by atoms with E-state index in [0.29, 0.717) is 0 Å². The van der Waals surface area contributed by atoms with Gasteiger partial charge in [0.25, 0.3) is 0 Å². The van der Waals surface area contributed by atoms with Crippen molar-refractivity contribution in [3.63, 3.8) is 0 Å². The average Bonchev–Trinajstić information content (AvgIpc) is 3.58. The summed E-state index contributed by atoms with van der Waals surface area (Å²) in [4.78, 5) is 0. The highest BCUT2D eigenvalue weighted by Crippen LogP contribution is 1.57. The molecule has 0 unspecified atom stereocenters. The summed E-state index contributed by atoms with van der Waals surface area (Å²) in [5.74, 6) is 0. The van der Waals surface area contributed by atoms with Gasteiger partial charge in [-0.3, -0.25) is 0 Å². The highest BCUT2D eigenvalue weighted by atomic mass is 13.4. The van der Waals surface area contributed by atoms with E-state index in [1.165, 1.54) is 83.3 Å². The van der Waals surface area contributed by atoms with Gasteiger partial charge in [0.2, 0.25) is 0 Å². The van der Waals surface area contributed by atoms with Crippen molar-refractivity contribution in [1.29, 1.82) is 0 Å². The lowest BCUT2D eigenvalue weighted by Gasteiger charge is -1.48. The van der Waals surface area contributed by atoms with Crippen molar-refractivity contribution >= 4 is 0 Å². The molecular formula is C66H220. The van der Waals surface area contributed by atoms with Crippen LogP contribution >= 0.6 is 0 Å². The fourth-order valence-electron chi connectivity index (χ4n) is 0. The van der Waals surface area contributed by atoms with Crippen LogP contribution in [-0.4, -0.2) is 0 Å². The predicted molar refractivity (Wildman–Crippen MR) is 423 cm³/mol. The molecule has 0 heterocycles. The van der Waals surface area contributed by atoms with Crippen molar-refractivity contribution in [3.8, 4) is 115 Å². The van der Waals surface area contributed by atoms with Crippen LogP contribution in [0.4, 0.5) is 0 Å². The molecule has 0 spiro atoms. The van der Waals surface area contributed by atoms with Crippen molar-refractivity contribution in [3.05, 3.63) is 0 Å². The van der Waals surface area contributed by atoms with Crippen molar-refractivity contribution in [2.75, 3.05) is 0 Å². The highest BCUT2D eigenvalue weighted by molar-refractivity contribution is 4.48. The maximum Gasteiger partial charge on any atom is 0.124 e. The van der Waals surface area contributed by atoms with Gasteiger partial charge in [-0.25, -0.2) is 0 Å². The molecule has 0 aliphatic heterocycles. The van der Waals surface area contributed by atoms with Crippen LogP contribution in [0.1, 0.15) is 436 Å². The third-order valence-corrected chi connectivity index (χ3v) is 0. The minimum absolute atomic E-state index is 0. The van der Waals surface area contributed by atoms with Gasteiger partial charge in [0.05, 0.1) is 0 Å². The van der Waals surface area contributed by atoms with Crippen LogP contribution < -0.4 is 0 Å². The number of rotatable bonds is 0. The first-order chi connectivity index (χ1) is 49.4. The normalized spacial score (nSPS) is 8.32. The SMILES string of the molecule is C.C.C.C.C.C.C.C.C.C.C.C.C.C.C.C.C.C.C.CCC.CCC.CCC.CCC.[3HH].[3HH].[3HH].[3HH].[3HH].[3HH].[3H]C#C.[3H]C#C.[3H]C#C.[3H]C#C.[3H]C#C.[3H]C#C.[3H]C#C.[3H]C#C.[3H]C#C.[3H]C[3H].[3H]C[3H].[3H]C[3H].[3H]C[3H].[3H]C[3H].[3H]C[3H].[3H]C[3H].[3H]C[3H].[3H]C[3H].[3H]C[3H].[3H]C[3H].[3H]C[3H].[3H]C[3H].[3H]C[3H].[3H]C[3H].[3H]C[3H].[3H]C[3H].[3H][3H].[3H][3H].[3H][3H].[3H][3H].[3H][3H].[3H][3H].[3H][3H]. The van der Waals surface area contributed by atoms with Gasteiger partial charge in [-0.05, 0) is 0 Å². The number of hydrogen-bond acceptors (Lipinski definition) is 0. The molecular weight excluding hydrogens is 793 g/mol. The quantitative estimate of drug-likeness (QED) is 0.212. The number of hydrogen-bond donors (Lipinski definition) is 0. The Bertz CT molecular complexity index is 714. The molecule has 0 heteroatoms. The Hall–Kier alpha value is -3.96. The molecule has 0 N–H and O–H groups in total. The van der Waals surface area contributed by atoms with Gasteiger partial charge in [-0.15, -0.1) is 115 Å². The minimum atomic E-state index is -0.250. The molecule has 0 aromatic heterocycles. The molecule has 66 heavy (non-hydrogen) atoms. The zero-order valence-corrected chi connectivity index (χ0v) is 32.5. The van der Waals surface area contributed by atoms with Crippen LogP contribution in [0, 0.1) is 115 Å². The summed E-state index contributed by atoms with van der Waals surface area (Å²) >= 11 is 0. The largest absolute Gasteiger partial charge is 0.124 e. The Balaban J connectivity index is -0.00000000593. The Morgan fingerprint density at radius 1 is 0.212 bits per heavy atom. The van der Waals surface area contributed by atoms with E-state index in [1.54, 1.807) is 0 Å². The van der Waals surface area contributed by atoms with Crippen molar-refractivity contribution in [1.82, 2.24) is 0 Å². The van der Waals surface area contributed by atoms with E-state index in [0.717, 1.165) is 0 Å². The summed E-state index contributed by atoms with van der Waals surface area (Å²) in [5.41, 5.74) is 0. The van der Waals surface area contributed by atoms with Crippen molar-refractivity contribution in [2.45, 2.75) is 348 Å². The maximum atomic E-state index is 5.88. The molecule has 0 amide bonds. The Morgan fingerprint density at radius 3 is 0.212 bits per heavy atom. The zero-order valence-electron chi connectivity index (χ0n) is 89.5. The number of terminal acetylenes is 9. The molecule has 0 bridgehead atoms. The molecule has 0 radical (unpaired) electrons. The highest BCUT2D eigenvalue weighted by Gasteiger charge is 1.36. The van der Waals surface area contributed by atoms with Crippen LogP contribution in [0.15, 0.2) is 0 Å². The molecule has 0 saturated heterocycles. The fourth-order valence-corrected chi connectivity index (χ4v) is 0. The lowest BCUT2D eigenvalue weighted by molar-refractivity contribution is 1.09. The van der Waals surface area contributed by atoms with E-state index >= 15 is 0 Å². The first kappa shape index (κ1) is 58.2. The minimum Gasteiger partial charge on any atom is -0.124 e. The summed E-state index contributed by atoms with van der Waals surface area (Å²) in [6, 6.07) is 0. The molecule has 0 rings (SSSR count). The zero-order chi connectivity index (χ0) is 95.2. The Kier molecular flexibility index (Phi) is 121000000. The standard InChI is InChI=1S/4C3H8.9C2H2.36CH4.13H2/c4*1-3-2;9*1-2;;;;;;;;;;;;;;;;;;;;;;;;;;;;;;;;;;;;;;;;;;;;;;;;;/h4*3H2,1-2H3;9*1-2H;36*1H4;13*1H/i;;;;9*1T;17*1T2;;;;;;;;;;;;;;;;;;;;7*1+2T;6*1+2. The van der Waals surface area contributed by atoms with Crippen LogP contribution in [0.25, 0.3) is 0 Å².